The number of hydrogen-bond donors (Lipinski definition) is 1. The van der Waals surface area contributed by atoms with E-state index >= 15 is 0 Å². The van der Waals surface area contributed by atoms with Gasteiger partial charge in [-0.25, -0.2) is 0 Å². The quantitative estimate of drug-likeness (QED) is 0.839. The molecule has 0 unspecified atom stereocenters. The number of benzene rings is 1. The largest absolute Gasteiger partial charge is 0.385 e. The molecule has 1 N–H and O–H groups in total. The molecule has 1 aliphatic heterocycles. The zero-order chi connectivity index (χ0) is 11.8. The predicted octanol–water partition coefficient (Wildman–Crippen LogP) is 2.91. The second kappa shape index (κ2) is 4.53. The van der Waals surface area contributed by atoms with Gasteiger partial charge in [0.15, 0.2) is 0 Å². The van der Waals surface area contributed by atoms with Crippen molar-refractivity contribution < 1.29 is 5.11 Å². The Kier molecular flexibility index (Phi) is 3.45. The van der Waals surface area contributed by atoms with E-state index < -0.39 is 5.60 Å². The molecular weight excluding hydrogens is 245 g/mol. The highest BCUT2D eigenvalue weighted by molar-refractivity contribution is 6.42. The fraction of sp³-hybridized carbons (Fsp3) is 0.500. The summed E-state index contributed by atoms with van der Waals surface area (Å²) >= 11 is 12.1. The van der Waals surface area contributed by atoms with Gasteiger partial charge in [-0.3, -0.25) is 0 Å². The van der Waals surface area contributed by atoms with Crippen LogP contribution in [0.25, 0.3) is 0 Å². The monoisotopic (exact) mass is 259 g/mol. The summed E-state index contributed by atoms with van der Waals surface area (Å²) in [5, 5.41) is 11.6. The smallest absolute Gasteiger partial charge is 0.0935 e. The summed E-state index contributed by atoms with van der Waals surface area (Å²) in [5.74, 6) is 0. The molecule has 2 nitrogen and oxygen atoms in total. The maximum atomic E-state index is 10.6. The van der Waals surface area contributed by atoms with Crippen molar-refractivity contribution in [3.63, 3.8) is 0 Å². The van der Waals surface area contributed by atoms with E-state index in [1.54, 1.807) is 6.07 Å². The van der Waals surface area contributed by atoms with E-state index in [0.717, 1.165) is 18.7 Å². The van der Waals surface area contributed by atoms with Crippen LogP contribution in [0.5, 0.6) is 0 Å². The summed E-state index contributed by atoms with van der Waals surface area (Å²) in [6.07, 6.45) is 1.40. The van der Waals surface area contributed by atoms with E-state index in [2.05, 4.69) is 11.9 Å². The number of hydrogen-bond acceptors (Lipinski definition) is 2. The summed E-state index contributed by atoms with van der Waals surface area (Å²) in [4.78, 5) is 2.20. The fourth-order valence-corrected chi connectivity index (χ4v) is 2.60. The minimum atomic E-state index is -0.825. The molecule has 0 atom stereocenters. The zero-order valence-corrected chi connectivity index (χ0v) is 10.7. The number of likely N-dealkylation sites (tertiary alicyclic amines) is 1. The minimum absolute atomic E-state index is 0.483. The highest BCUT2D eigenvalue weighted by Crippen LogP contribution is 2.39. The Morgan fingerprint density at radius 3 is 2.50 bits per heavy atom. The van der Waals surface area contributed by atoms with Gasteiger partial charge in [0.25, 0.3) is 0 Å². The molecule has 0 aliphatic carbocycles. The van der Waals surface area contributed by atoms with Gasteiger partial charge in [0.05, 0.1) is 15.6 Å². The van der Waals surface area contributed by atoms with Gasteiger partial charge in [0.2, 0.25) is 0 Å². The minimum Gasteiger partial charge on any atom is -0.385 e. The Morgan fingerprint density at radius 1 is 1.25 bits per heavy atom. The molecule has 1 aliphatic rings. The van der Waals surface area contributed by atoms with Gasteiger partial charge >= 0.3 is 0 Å². The average Bonchev–Trinajstić information content (AvgIpc) is 2.27. The molecule has 0 amide bonds. The number of nitrogens with zero attached hydrogens (tertiary/aromatic N) is 1. The van der Waals surface area contributed by atoms with E-state index in [1.807, 2.05) is 12.1 Å². The van der Waals surface area contributed by atoms with Crippen LogP contribution in [-0.4, -0.2) is 30.1 Å². The lowest BCUT2D eigenvalue weighted by Crippen LogP contribution is -2.40. The standard InChI is InChI=1S/C12H15Cl2NO/c1-15-7-5-12(16,6-8-15)9-3-2-4-10(13)11(9)14/h2-4,16H,5-8H2,1H3. The molecule has 1 aromatic carbocycles. The fourth-order valence-electron chi connectivity index (χ4n) is 2.12. The van der Waals surface area contributed by atoms with Gasteiger partial charge in [-0.05, 0) is 26.0 Å². The van der Waals surface area contributed by atoms with Crippen molar-refractivity contribution >= 4 is 23.2 Å². The summed E-state index contributed by atoms with van der Waals surface area (Å²) < 4.78 is 0. The Labute approximate surface area is 106 Å². The molecular formula is C12H15Cl2NO. The second-order valence-corrected chi connectivity index (χ2v) is 5.22. The normalized spacial score (nSPS) is 21.0. The molecule has 88 valence electrons. The molecule has 0 bridgehead atoms. The topological polar surface area (TPSA) is 23.5 Å². The van der Waals surface area contributed by atoms with Crippen LogP contribution in [-0.2, 0) is 5.60 Å². The third kappa shape index (κ3) is 2.21. The number of aliphatic hydroxyl groups is 1. The van der Waals surface area contributed by atoms with Gasteiger partial charge < -0.3 is 10.0 Å². The maximum Gasteiger partial charge on any atom is 0.0935 e. The highest BCUT2D eigenvalue weighted by Gasteiger charge is 2.34. The van der Waals surface area contributed by atoms with Crippen LogP contribution in [0, 0.1) is 0 Å². The van der Waals surface area contributed by atoms with E-state index in [0.29, 0.717) is 22.9 Å². The van der Waals surface area contributed by atoms with E-state index in [4.69, 9.17) is 23.2 Å². The third-order valence-electron chi connectivity index (χ3n) is 3.27. The maximum absolute atomic E-state index is 10.6. The van der Waals surface area contributed by atoms with Crippen LogP contribution in [0.2, 0.25) is 10.0 Å². The van der Waals surface area contributed by atoms with Crippen molar-refractivity contribution in [1.82, 2.24) is 4.90 Å². The van der Waals surface area contributed by atoms with E-state index in [9.17, 15) is 5.11 Å². The first-order valence-corrected chi connectivity index (χ1v) is 6.14. The number of piperidine rings is 1. The van der Waals surface area contributed by atoms with Crippen LogP contribution < -0.4 is 0 Å². The van der Waals surface area contributed by atoms with Gasteiger partial charge in [0.1, 0.15) is 0 Å². The lowest BCUT2D eigenvalue weighted by atomic mass is 9.84. The molecule has 1 fully saturated rings. The first-order valence-electron chi connectivity index (χ1n) is 5.38. The lowest BCUT2D eigenvalue weighted by molar-refractivity contribution is -0.0202. The zero-order valence-electron chi connectivity index (χ0n) is 9.21. The first-order chi connectivity index (χ1) is 7.53. The number of halogens is 2. The van der Waals surface area contributed by atoms with E-state index in [-0.39, 0.29) is 0 Å². The third-order valence-corrected chi connectivity index (χ3v) is 4.09. The van der Waals surface area contributed by atoms with Crippen molar-refractivity contribution in [3.05, 3.63) is 33.8 Å². The molecule has 0 saturated carbocycles. The van der Waals surface area contributed by atoms with Gasteiger partial charge in [-0.15, -0.1) is 0 Å². The lowest BCUT2D eigenvalue weighted by Gasteiger charge is -2.37. The van der Waals surface area contributed by atoms with Crippen molar-refractivity contribution in [3.8, 4) is 0 Å². The summed E-state index contributed by atoms with van der Waals surface area (Å²) in [6.45, 7) is 1.75. The summed E-state index contributed by atoms with van der Waals surface area (Å²) in [7, 11) is 2.05. The van der Waals surface area contributed by atoms with Crippen LogP contribution in [0.1, 0.15) is 18.4 Å². The highest BCUT2D eigenvalue weighted by atomic mass is 35.5. The van der Waals surface area contributed by atoms with Crippen molar-refractivity contribution in [2.45, 2.75) is 18.4 Å². The Balaban J connectivity index is 2.32. The Hall–Kier alpha value is -0.280. The molecule has 1 heterocycles. The predicted molar refractivity (Wildman–Crippen MR) is 67.1 cm³/mol. The molecule has 0 radical (unpaired) electrons. The SMILES string of the molecule is CN1CCC(O)(c2cccc(Cl)c2Cl)CC1. The second-order valence-electron chi connectivity index (χ2n) is 4.44. The molecule has 0 aromatic heterocycles. The molecule has 16 heavy (non-hydrogen) atoms. The van der Waals surface area contributed by atoms with Crippen LogP contribution >= 0.6 is 23.2 Å². The van der Waals surface area contributed by atoms with Gasteiger partial charge in [-0.1, -0.05) is 35.3 Å². The molecule has 1 aromatic rings. The van der Waals surface area contributed by atoms with Crippen LogP contribution in [0.15, 0.2) is 18.2 Å². The van der Waals surface area contributed by atoms with Crippen molar-refractivity contribution in [1.29, 1.82) is 0 Å². The van der Waals surface area contributed by atoms with Crippen LogP contribution in [0.4, 0.5) is 0 Å². The molecule has 1 saturated heterocycles. The Morgan fingerprint density at radius 2 is 1.88 bits per heavy atom. The number of rotatable bonds is 1. The summed E-state index contributed by atoms with van der Waals surface area (Å²) in [6, 6.07) is 5.44. The first kappa shape index (κ1) is 12.2. The van der Waals surface area contributed by atoms with Crippen molar-refractivity contribution in [2.24, 2.45) is 0 Å². The molecule has 2 rings (SSSR count). The molecule has 4 heteroatoms. The average molecular weight is 260 g/mol. The van der Waals surface area contributed by atoms with Gasteiger partial charge in [-0.2, -0.15) is 0 Å². The van der Waals surface area contributed by atoms with Crippen LogP contribution in [0.3, 0.4) is 0 Å². The van der Waals surface area contributed by atoms with Gasteiger partial charge in [0, 0.05) is 18.7 Å². The van der Waals surface area contributed by atoms with Crippen molar-refractivity contribution in [2.75, 3.05) is 20.1 Å². The summed E-state index contributed by atoms with van der Waals surface area (Å²) in [5.41, 5.74) is -0.0659. The molecule has 0 spiro atoms. The Bertz CT molecular complexity index is 387. The van der Waals surface area contributed by atoms with E-state index in [1.165, 1.54) is 0 Å².